The van der Waals surface area contributed by atoms with Crippen molar-refractivity contribution in [3.63, 3.8) is 0 Å². The van der Waals surface area contributed by atoms with E-state index in [0.29, 0.717) is 5.56 Å². The van der Waals surface area contributed by atoms with E-state index in [1.807, 2.05) is 42.5 Å². The third kappa shape index (κ3) is 10.5. The molecule has 2 aliphatic carbocycles. The fourth-order valence-electron chi connectivity index (χ4n) is 4.99. The number of hydrogen-bond acceptors (Lipinski definition) is 0. The largest absolute Gasteiger partial charge is 1.00 e. The van der Waals surface area contributed by atoms with E-state index in [9.17, 15) is 13.2 Å². The predicted octanol–water partition coefficient (Wildman–Crippen LogP) is 4.79. The third-order valence-electron chi connectivity index (χ3n) is 7.59. The summed E-state index contributed by atoms with van der Waals surface area (Å²) in [5.41, 5.74) is 9.71. The van der Waals surface area contributed by atoms with Crippen molar-refractivity contribution in [1.82, 2.24) is 0 Å². The van der Waals surface area contributed by atoms with Crippen molar-refractivity contribution >= 4 is 3.21 Å². The van der Waals surface area contributed by atoms with Crippen molar-refractivity contribution in [2.24, 2.45) is 0 Å². The molecule has 4 aromatic carbocycles. The molecule has 0 heterocycles. The van der Waals surface area contributed by atoms with Gasteiger partial charge in [-0.3, -0.25) is 6.08 Å². The van der Waals surface area contributed by atoms with Gasteiger partial charge in [0.1, 0.15) is 0 Å². The van der Waals surface area contributed by atoms with E-state index in [1.165, 1.54) is 45.5 Å². The summed E-state index contributed by atoms with van der Waals surface area (Å²) in [6, 6.07) is 30.1. The minimum atomic E-state index is -4.29. The van der Waals surface area contributed by atoms with Crippen LogP contribution < -0.4 is 24.8 Å². The van der Waals surface area contributed by atoms with Gasteiger partial charge in [-0.15, -0.1) is 17.5 Å². The quantitative estimate of drug-likeness (QED) is 0.229. The Labute approximate surface area is 300 Å². The Morgan fingerprint density at radius 3 is 1.89 bits per heavy atom. The Bertz CT molecular complexity index is 1600. The number of benzene rings is 4. The molecule has 0 spiro atoms. The van der Waals surface area contributed by atoms with E-state index in [4.69, 9.17) is 0 Å². The van der Waals surface area contributed by atoms with E-state index >= 15 is 0 Å². The summed E-state index contributed by atoms with van der Waals surface area (Å²) in [6.45, 7) is 13.6. The molecule has 0 nitrogen and oxygen atoms in total. The van der Waals surface area contributed by atoms with Crippen molar-refractivity contribution in [2.45, 2.75) is 71.4 Å². The first-order chi connectivity index (χ1) is 20.6. The Morgan fingerprint density at radius 2 is 1.35 bits per heavy atom. The Kier molecular flexibility index (Phi) is 14.3. The smallest absolute Gasteiger partial charge is 0.109 e. The molecule has 240 valence electrons. The molecule has 6 heteroatoms. The van der Waals surface area contributed by atoms with E-state index in [2.05, 4.69) is 90.1 Å². The molecule has 46 heavy (non-hydrogen) atoms. The van der Waals surface area contributed by atoms with Crippen LogP contribution in [-0.2, 0) is 47.7 Å². The third-order valence-corrected chi connectivity index (χ3v) is 9.01. The number of halogens is 5. The first kappa shape index (κ1) is 39.7. The zero-order valence-electron chi connectivity index (χ0n) is 27.1. The standard InChI is InChI=1S/C21H25.C14H9F3.C5H5.2ClH.Zr/c1-20(2,3)16-7-9-18-14(12-16)11-15-13-17(21(4,5)6)8-10-19(15)18;15-14(16,17)13-8-4-7-12(10-13)9-11-5-2-1-3-6-11;1-2-4-5-3-1;;;/h7-10,12H,11H2,1-6H3;1-8,10H;1-3H,4H2;2*1H;/q-1;;-1;;;+2/p-2. The average Bonchev–Trinajstić information content (AvgIpc) is 3.68. The molecule has 0 amide bonds. The average molecular weight is 739 g/mol. The summed E-state index contributed by atoms with van der Waals surface area (Å²) in [6.07, 6.45) is 6.74. The molecule has 0 aromatic heterocycles. The van der Waals surface area contributed by atoms with Gasteiger partial charge in [0, 0.05) is 0 Å². The summed E-state index contributed by atoms with van der Waals surface area (Å²) in [7, 11) is 0. The van der Waals surface area contributed by atoms with E-state index in [1.54, 1.807) is 6.07 Å². The van der Waals surface area contributed by atoms with E-state index < -0.39 is 11.7 Å². The van der Waals surface area contributed by atoms with E-state index in [-0.39, 0.29) is 35.6 Å². The second-order valence-electron chi connectivity index (χ2n) is 13.1. The van der Waals surface area contributed by atoms with Crippen molar-refractivity contribution in [3.8, 4) is 11.1 Å². The van der Waals surface area contributed by atoms with Crippen LogP contribution in [0.1, 0.15) is 86.9 Å². The van der Waals surface area contributed by atoms with Crippen LogP contribution in [0.3, 0.4) is 0 Å². The van der Waals surface area contributed by atoms with Crippen molar-refractivity contribution in [1.29, 1.82) is 0 Å². The molecule has 0 saturated heterocycles. The van der Waals surface area contributed by atoms with Crippen molar-refractivity contribution < 1.29 is 62.2 Å². The maximum absolute atomic E-state index is 12.6. The van der Waals surface area contributed by atoms with Gasteiger partial charge in [0.25, 0.3) is 0 Å². The topological polar surface area (TPSA) is 0 Å². The van der Waals surface area contributed by atoms with Crippen LogP contribution >= 0.6 is 0 Å². The van der Waals surface area contributed by atoms with Crippen molar-refractivity contribution in [3.05, 3.63) is 154 Å². The van der Waals surface area contributed by atoms with Gasteiger partial charge < -0.3 is 24.8 Å². The zero-order chi connectivity index (χ0) is 32.1. The van der Waals surface area contributed by atoms with Crippen LogP contribution in [0.4, 0.5) is 13.2 Å². The summed E-state index contributed by atoms with van der Waals surface area (Å²) in [5, 5.41) is 0. The molecular formula is C40H39Cl2F3Zr-2. The maximum Gasteiger partial charge on any atom is -0.109 e. The minimum Gasteiger partial charge on any atom is -1.00 e. The SMILES string of the molecule is CC(C)(C)c1[c-]c2c(cc1)-c1ccc(C(C)(C)C)cc1C2.FC(F)(F)c1cccc([C](=[Zr+2])c2ccccc2)c1.[C-]1=CC=CC1.[Cl-].[Cl-]. The molecule has 0 atom stereocenters. The van der Waals surface area contributed by atoms with Crippen LogP contribution in [0.5, 0.6) is 0 Å². The summed E-state index contributed by atoms with van der Waals surface area (Å²) in [4.78, 5) is 0. The van der Waals surface area contributed by atoms with Crippen LogP contribution in [0.15, 0.2) is 103 Å². The fourth-order valence-corrected chi connectivity index (χ4v) is 5.78. The molecule has 0 fully saturated rings. The predicted molar refractivity (Wildman–Crippen MR) is 174 cm³/mol. The van der Waals surface area contributed by atoms with Gasteiger partial charge in [0.2, 0.25) is 0 Å². The number of allylic oxidation sites excluding steroid dienone is 4. The number of rotatable bonds is 2. The van der Waals surface area contributed by atoms with Crippen LogP contribution in [0.2, 0.25) is 0 Å². The molecule has 0 aliphatic heterocycles. The molecule has 0 saturated carbocycles. The Morgan fingerprint density at radius 1 is 0.696 bits per heavy atom. The Hall–Kier alpha value is -2.52. The minimum absolute atomic E-state index is 0. The maximum atomic E-state index is 12.6. The number of fused-ring (bicyclic) bond motifs is 3. The van der Waals surface area contributed by atoms with Crippen LogP contribution in [0, 0.1) is 12.1 Å². The molecule has 0 N–H and O–H groups in total. The zero-order valence-corrected chi connectivity index (χ0v) is 31.1. The first-order valence-electron chi connectivity index (χ1n) is 14.9. The molecule has 2 aliphatic rings. The van der Waals surface area contributed by atoms with Gasteiger partial charge in [0.05, 0.1) is 0 Å². The summed E-state index contributed by atoms with van der Waals surface area (Å²) < 4.78 is 38.8. The number of alkyl halides is 3. The van der Waals surface area contributed by atoms with Gasteiger partial charge in [-0.05, 0) is 28.4 Å². The van der Waals surface area contributed by atoms with Gasteiger partial charge in [-0.1, -0.05) is 65.3 Å². The fraction of sp³-hybridized carbons (Fsp3) is 0.275. The molecule has 6 rings (SSSR count). The molecule has 0 unspecified atom stereocenters. The van der Waals surface area contributed by atoms with E-state index in [0.717, 1.165) is 51.9 Å². The monoisotopic (exact) mass is 736 g/mol. The molecular weight excluding hydrogens is 700 g/mol. The Balaban J connectivity index is 0.000000270. The normalized spacial score (nSPS) is 12.8. The second kappa shape index (κ2) is 16.5. The van der Waals surface area contributed by atoms with Crippen LogP contribution in [0.25, 0.3) is 11.1 Å². The van der Waals surface area contributed by atoms with Gasteiger partial charge >= 0.3 is 118 Å². The number of hydrogen-bond donors (Lipinski definition) is 0. The van der Waals surface area contributed by atoms with Crippen LogP contribution in [-0.4, -0.2) is 3.21 Å². The van der Waals surface area contributed by atoms with Gasteiger partial charge in [-0.25, -0.2) is 12.2 Å². The van der Waals surface area contributed by atoms with Gasteiger partial charge in [-0.2, -0.15) is 29.8 Å². The second-order valence-corrected chi connectivity index (χ2v) is 14.4. The summed E-state index contributed by atoms with van der Waals surface area (Å²) >= 11 is 1.09. The summed E-state index contributed by atoms with van der Waals surface area (Å²) in [5.74, 6) is 0. The van der Waals surface area contributed by atoms with Gasteiger partial charge in [0.15, 0.2) is 0 Å². The molecule has 0 radical (unpaired) electrons. The van der Waals surface area contributed by atoms with Crippen molar-refractivity contribution in [2.75, 3.05) is 0 Å². The molecule has 0 bridgehead atoms. The molecule has 4 aromatic rings. The first-order valence-corrected chi connectivity index (χ1v) is 16.1.